The molecule has 2 aromatic rings. The molecular formula is C14H13NO2S. The molecule has 1 atom stereocenters. The molecular weight excluding hydrogens is 246 g/mol. The van der Waals surface area contributed by atoms with Gasteiger partial charge in [0, 0.05) is 4.88 Å². The number of carbonyl (C=O) groups excluding carboxylic acids is 2. The lowest BCUT2D eigenvalue weighted by molar-refractivity contribution is -0.123. The Bertz CT molecular complexity index is 508. The Balaban J connectivity index is 1.99. The molecule has 1 aromatic heterocycles. The lowest BCUT2D eigenvalue weighted by Gasteiger charge is -2.12. The van der Waals surface area contributed by atoms with Crippen LogP contribution in [-0.4, -0.2) is 12.2 Å². The van der Waals surface area contributed by atoms with Gasteiger partial charge in [-0.15, -0.1) is 11.3 Å². The summed E-state index contributed by atoms with van der Waals surface area (Å²) in [6.07, 6.45) is 1.07. The summed E-state index contributed by atoms with van der Waals surface area (Å²) in [7, 11) is 0. The zero-order valence-electron chi connectivity index (χ0n) is 9.71. The molecule has 1 unspecified atom stereocenters. The second-order valence-electron chi connectivity index (χ2n) is 3.85. The summed E-state index contributed by atoms with van der Waals surface area (Å²) >= 11 is 1.53. The van der Waals surface area contributed by atoms with Crippen LogP contribution < -0.4 is 5.32 Å². The molecule has 1 heterocycles. The molecule has 1 N–H and O–H groups in total. The summed E-state index contributed by atoms with van der Waals surface area (Å²) in [6.45, 7) is 0. The highest BCUT2D eigenvalue weighted by Crippen LogP contribution is 2.12. The molecule has 0 aliphatic rings. The van der Waals surface area contributed by atoms with Gasteiger partial charge in [-0.1, -0.05) is 36.4 Å². The first-order valence-corrected chi connectivity index (χ1v) is 6.49. The van der Waals surface area contributed by atoms with Gasteiger partial charge in [0.2, 0.25) is 5.91 Å². The number of hydrogen-bond donors (Lipinski definition) is 1. The van der Waals surface area contributed by atoms with E-state index < -0.39 is 6.04 Å². The first kappa shape index (κ1) is 12.5. The molecule has 0 fully saturated rings. The number of aldehydes is 1. The minimum absolute atomic E-state index is 0.140. The van der Waals surface area contributed by atoms with Crippen molar-refractivity contribution in [1.29, 1.82) is 0 Å². The second-order valence-corrected chi connectivity index (χ2v) is 4.88. The molecule has 2 rings (SSSR count). The Morgan fingerprint density at radius 2 is 2.00 bits per heavy atom. The standard InChI is InChI=1S/C14H13NO2S/c16-10-13(11-5-2-1-3-6-11)15-14(17)9-12-7-4-8-18-12/h1-8,10,13H,9H2,(H,15,17). The molecule has 0 saturated heterocycles. The lowest BCUT2D eigenvalue weighted by Crippen LogP contribution is -2.30. The minimum atomic E-state index is -0.571. The maximum atomic E-state index is 11.8. The van der Waals surface area contributed by atoms with Crippen LogP contribution in [0.15, 0.2) is 47.8 Å². The van der Waals surface area contributed by atoms with E-state index in [-0.39, 0.29) is 5.91 Å². The SMILES string of the molecule is O=CC(NC(=O)Cc1cccs1)c1ccccc1. The van der Waals surface area contributed by atoms with Crippen molar-refractivity contribution in [3.8, 4) is 0 Å². The van der Waals surface area contributed by atoms with Gasteiger partial charge in [0.05, 0.1) is 6.42 Å². The van der Waals surface area contributed by atoms with Crippen LogP contribution in [0, 0.1) is 0 Å². The number of carbonyl (C=O) groups is 2. The van der Waals surface area contributed by atoms with E-state index in [1.54, 1.807) is 0 Å². The number of thiophene rings is 1. The molecule has 0 radical (unpaired) electrons. The maximum Gasteiger partial charge on any atom is 0.226 e. The Hall–Kier alpha value is -1.94. The fourth-order valence-electron chi connectivity index (χ4n) is 1.65. The molecule has 1 amide bonds. The molecule has 3 nitrogen and oxygen atoms in total. The van der Waals surface area contributed by atoms with Gasteiger partial charge < -0.3 is 10.1 Å². The molecule has 0 saturated carbocycles. The highest BCUT2D eigenvalue weighted by atomic mass is 32.1. The average Bonchev–Trinajstić information content (AvgIpc) is 2.90. The van der Waals surface area contributed by atoms with Gasteiger partial charge in [-0.25, -0.2) is 0 Å². The lowest BCUT2D eigenvalue weighted by atomic mass is 10.1. The number of benzene rings is 1. The van der Waals surface area contributed by atoms with E-state index in [0.29, 0.717) is 6.42 Å². The Labute approximate surface area is 109 Å². The molecule has 0 bridgehead atoms. The van der Waals surface area contributed by atoms with Crippen molar-refractivity contribution >= 4 is 23.5 Å². The van der Waals surface area contributed by atoms with Gasteiger partial charge in [-0.05, 0) is 17.0 Å². The van der Waals surface area contributed by atoms with Gasteiger partial charge in [0.15, 0.2) is 0 Å². The third-order valence-corrected chi connectivity index (χ3v) is 3.40. The van der Waals surface area contributed by atoms with Gasteiger partial charge >= 0.3 is 0 Å². The minimum Gasteiger partial charge on any atom is -0.342 e. The molecule has 92 valence electrons. The maximum absolute atomic E-state index is 11.8. The zero-order valence-corrected chi connectivity index (χ0v) is 10.5. The first-order chi connectivity index (χ1) is 8.79. The molecule has 18 heavy (non-hydrogen) atoms. The summed E-state index contributed by atoms with van der Waals surface area (Å²) in [5.74, 6) is -0.140. The molecule has 0 spiro atoms. The predicted molar refractivity (Wildman–Crippen MR) is 71.4 cm³/mol. The van der Waals surface area contributed by atoms with Gasteiger partial charge in [0.1, 0.15) is 12.3 Å². The average molecular weight is 259 g/mol. The fourth-order valence-corrected chi connectivity index (χ4v) is 2.36. The van der Waals surface area contributed by atoms with E-state index in [1.165, 1.54) is 11.3 Å². The molecule has 1 aromatic carbocycles. The third kappa shape index (κ3) is 3.28. The van der Waals surface area contributed by atoms with Crippen LogP contribution in [0.5, 0.6) is 0 Å². The highest BCUT2D eigenvalue weighted by molar-refractivity contribution is 7.10. The largest absolute Gasteiger partial charge is 0.342 e. The summed E-state index contributed by atoms with van der Waals surface area (Å²) in [4.78, 5) is 23.8. The second kappa shape index (κ2) is 6.12. The topological polar surface area (TPSA) is 46.2 Å². The van der Waals surface area contributed by atoms with Crippen molar-refractivity contribution in [3.63, 3.8) is 0 Å². The predicted octanol–water partition coefficient (Wildman–Crippen LogP) is 2.35. The Kier molecular flexibility index (Phi) is 4.25. The smallest absolute Gasteiger partial charge is 0.226 e. The molecule has 4 heteroatoms. The van der Waals surface area contributed by atoms with Crippen LogP contribution in [0.2, 0.25) is 0 Å². The van der Waals surface area contributed by atoms with E-state index in [1.807, 2.05) is 47.8 Å². The van der Waals surface area contributed by atoms with E-state index in [2.05, 4.69) is 5.32 Å². The van der Waals surface area contributed by atoms with Crippen molar-refractivity contribution < 1.29 is 9.59 Å². The summed E-state index contributed by atoms with van der Waals surface area (Å²) < 4.78 is 0. The molecule has 0 aliphatic carbocycles. The van der Waals surface area contributed by atoms with Gasteiger partial charge in [-0.3, -0.25) is 4.79 Å². The van der Waals surface area contributed by atoms with Crippen LogP contribution in [-0.2, 0) is 16.0 Å². The molecule has 0 aliphatic heterocycles. The third-order valence-electron chi connectivity index (χ3n) is 2.53. The monoisotopic (exact) mass is 259 g/mol. The first-order valence-electron chi connectivity index (χ1n) is 5.61. The van der Waals surface area contributed by atoms with Crippen LogP contribution in [0.1, 0.15) is 16.5 Å². The summed E-state index contributed by atoms with van der Waals surface area (Å²) in [5, 5.41) is 4.65. The van der Waals surface area contributed by atoms with Crippen molar-refractivity contribution in [1.82, 2.24) is 5.32 Å². The van der Waals surface area contributed by atoms with Gasteiger partial charge in [0.25, 0.3) is 0 Å². The van der Waals surface area contributed by atoms with E-state index in [0.717, 1.165) is 16.7 Å². The number of rotatable bonds is 5. The Morgan fingerprint density at radius 1 is 1.22 bits per heavy atom. The van der Waals surface area contributed by atoms with E-state index in [4.69, 9.17) is 0 Å². The highest BCUT2D eigenvalue weighted by Gasteiger charge is 2.13. The van der Waals surface area contributed by atoms with Crippen molar-refractivity contribution in [3.05, 3.63) is 58.3 Å². The number of amides is 1. The van der Waals surface area contributed by atoms with Crippen molar-refractivity contribution in [2.75, 3.05) is 0 Å². The van der Waals surface area contributed by atoms with Crippen LogP contribution >= 0.6 is 11.3 Å². The fraction of sp³-hybridized carbons (Fsp3) is 0.143. The van der Waals surface area contributed by atoms with E-state index in [9.17, 15) is 9.59 Å². The zero-order chi connectivity index (χ0) is 12.8. The summed E-state index contributed by atoms with van der Waals surface area (Å²) in [6, 6.07) is 12.4. The number of nitrogens with one attached hydrogen (secondary N) is 1. The van der Waals surface area contributed by atoms with Crippen LogP contribution in [0.4, 0.5) is 0 Å². The summed E-state index contributed by atoms with van der Waals surface area (Å²) in [5.41, 5.74) is 0.798. The van der Waals surface area contributed by atoms with Crippen LogP contribution in [0.3, 0.4) is 0 Å². The Morgan fingerprint density at radius 3 is 2.61 bits per heavy atom. The quantitative estimate of drug-likeness (QED) is 0.838. The van der Waals surface area contributed by atoms with Gasteiger partial charge in [-0.2, -0.15) is 0 Å². The number of hydrogen-bond acceptors (Lipinski definition) is 3. The van der Waals surface area contributed by atoms with Crippen LogP contribution in [0.25, 0.3) is 0 Å². The van der Waals surface area contributed by atoms with Crippen molar-refractivity contribution in [2.24, 2.45) is 0 Å². The van der Waals surface area contributed by atoms with E-state index >= 15 is 0 Å². The van der Waals surface area contributed by atoms with Crippen molar-refractivity contribution in [2.45, 2.75) is 12.5 Å². The normalized spacial score (nSPS) is 11.8.